The minimum atomic E-state index is 0.0131. The van der Waals surface area contributed by atoms with Gasteiger partial charge in [0.05, 0.1) is 12.7 Å². The van der Waals surface area contributed by atoms with Crippen molar-refractivity contribution in [2.45, 2.75) is 57.1 Å². The van der Waals surface area contributed by atoms with Crippen molar-refractivity contribution >= 4 is 11.8 Å². The summed E-state index contributed by atoms with van der Waals surface area (Å²) in [7, 11) is 0. The largest absolute Gasteiger partial charge is 0.394 e. The van der Waals surface area contributed by atoms with Gasteiger partial charge in [-0.15, -0.1) is 0 Å². The van der Waals surface area contributed by atoms with Crippen LogP contribution in [0.2, 0.25) is 0 Å². The van der Waals surface area contributed by atoms with Crippen molar-refractivity contribution in [3.63, 3.8) is 0 Å². The van der Waals surface area contributed by atoms with Gasteiger partial charge in [0.15, 0.2) is 0 Å². The van der Waals surface area contributed by atoms with Crippen molar-refractivity contribution in [2.24, 2.45) is 5.92 Å². The van der Waals surface area contributed by atoms with Crippen LogP contribution in [0.5, 0.6) is 0 Å². The molecule has 2 fully saturated rings. The summed E-state index contributed by atoms with van der Waals surface area (Å²) in [6, 6.07) is 0. The monoisotopic (exact) mass is 287 g/mol. The second-order valence-electron chi connectivity index (χ2n) is 5.93. The molecule has 1 aliphatic carbocycles. The lowest BCUT2D eigenvalue weighted by atomic mass is 9.86. The van der Waals surface area contributed by atoms with E-state index in [4.69, 9.17) is 4.74 Å². The van der Waals surface area contributed by atoms with Crippen LogP contribution in [-0.4, -0.2) is 48.0 Å². The third kappa shape index (κ3) is 4.10. The fourth-order valence-electron chi connectivity index (χ4n) is 3.63. The van der Waals surface area contributed by atoms with Crippen LogP contribution in [0.3, 0.4) is 0 Å². The summed E-state index contributed by atoms with van der Waals surface area (Å²) in [6.07, 6.45) is 7.88. The lowest BCUT2D eigenvalue weighted by Gasteiger charge is -2.35. The molecule has 2 N–H and O–H groups in total. The Bertz CT molecular complexity index is 259. The minimum Gasteiger partial charge on any atom is -0.394 e. The number of hydrogen-bond acceptors (Lipinski definition) is 4. The summed E-state index contributed by atoms with van der Waals surface area (Å²) in [5, 5.41) is 13.3. The number of aliphatic hydroxyl groups excluding tert-OH is 1. The Balaban J connectivity index is 1.68. The van der Waals surface area contributed by atoms with Crippen LogP contribution < -0.4 is 5.32 Å². The van der Waals surface area contributed by atoms with E-state index in [1.54, 1.807) is 0 Å². The Morgan fingerprint density at radius 3 is 2.95 bits per heavy atom. The van der Waals surface area contributed by atoms with E-state index in [0.29, 0.717) is 18.6 Å². The van der Waals surface area contributed by atoms with Crippen LogP contribution in [0.1, 0.15) is 45.4 Å². The Labute approximate surface area is 121 Å². The minimum absolute atomic E-state index is 0.0131. The molecule has 0 aromatic carbocycles. The molecule has 4 heteroatoms. The second kappa shape index (κ2) is 7.87. The lowest BCUT2D eigenvalue weighted by Crippen LogP contribution is -2.51. The first-order chi connectivity index (χ1) is 9.30. The predicted octanol–water partition coefficient (Wildman–Crippen LogP) is 2.43. The maximum Gasteiger partial charge on any atom is 0.0666 e. The first kappa shape index (κ1) is 15.6. The Kier molecular flexibility index (Phi) is 6.46. The van der Waals surface area contributed by atoms with Crippen LogP contribution in [-0.2, 0) is 4.74 Å². The molecule has 1 heterocycles. The molecule has 19 heavy (non-hydrogen) atoms. The van der Waals surface area contributed by atoms with E-state index in [2.05, 4.69) is 12.2 Å². The van der Waals surface area contributed by atoms with Crippen molar-refractivity contribution in [3.05, 3.63) is 0 Å². The summed E-state index contributed by atoms with van der Waals surface area (Å²) in [6.45, 7) is 4.35. The smallest absolute Gasteiger partial charge is 0.0666 e. The van der Waals surface area contributed by atoms with Crippen molar-refractivity contribution in [2.75, 3.05) is 31.3 Å². The zero-order valence-electron chi connectivity index (χ0n) is 12.2. The van der Waals surface area contributed by atoms with Crippen molar-refractivity contribution in [1.82, 2.24) is 5.32 Å². The molecule has 2 rings (SSSR count). The van der Waals surface area contributed by atoms with Crippen LogP contribution in [0.15, 0.2) is 0 Å². The van der Waals surface area contributed by atoms with Crippen molar-refractivity contribution < 1.29 is 9.84 Å². The molecule has 3 atom stereocenters. The number of thioether (sulfide) groups is 1. The molecule has 2 aliphatic rings. The topological polar surface area (TPSA) is 41.5 Å². The molecule has 0 amide bonds. The fourth-order valence-corrected chi connectivity index (χ4v) is 4.77. The molecule has 0 aromatic rings. The van der Waals surface area contributed by atoms with Gasteiger partial charge in [-0.05, 0) is 50.3 Å². The van der Waals surface area contributed by atoms with Crippen LogP contribution in [0, 0.1) is 5.92 Å². The molecule has 0 spiro atoms. The van der Waals surface area contributed by atoms with Crippen LogP contribution >= 0.6 is 11.8 Å². The zero-order valence-corrected chi connectivity index (χ0v) is 13.0. The van der Waals surface area contributed by atoms with E-state index in [0.717, 1.165) is 25.3 Å². The van der Waals surface area contributed by atoms with Gasteiger partial charge in [-0.2, -0.15) is 11.8 Å². The number of nitrogens with one attached hydrogen (secondary N) is 1. The van der Waals surface area contributed by atoms with Gasteiger partial charge in [-0.3, -0.25) is 0 Å². The van der Waals surface area contributed by atoms with Gasteiger partial charge in [0, 0.05) is 17.9 Å². The molecular weight excluding hydrogens is 258 g/mol. The highest BCUT2D eigenvalue weighted by Crippen LogP contribution is 2.38. The van der Waals surface area contributed by atoms with Crippen molar-refractivity contribution in [3.8, 4) is 0 Å². The van der Waals surface area contributed by atoms with Gasteiger partial charge < -0.3 is 15.2 Å². The third-order valence-electron chi connectivity index (χ3n) is 4.71. The van der Waals surface area contributed by atoms with E-state index >= 15 is 0 Å². The average molecular weight is 287 g/mol. The standard InChI is InChI=1S/C15H29NO2S/c1-2-16-15(12-17)8-3-5-13(15)7-10-19-11-14-6-4-9-18-14/h13-14,16-17H,2-12H2,1H3. The van der Waals surface area contributed by atoms with E-state index in [9.17, 15) is 5.11 Å². The summed E-state index contributed by atoms with van der Waals surface area (Å²) in [4.78, 5) is 0. The van der Waals surface area contributed by atoms with Crippen LogP contribution in [0.25, 0.3) is 0 Å². The number of likely N-dealkylation sites (N-methyl/N-ethyl adjacent to an activating group) is 1. The third-order valence-corrected chi connectivity index (χ3v) is 5.84. The first-order valence-corrected chi connectivity index (χ1v) is 9.01. The first-order valence-electron chi connectivity index (χ1n) is 7.86. The number of hydrogen-bond donors (Lipinski definition) is 2. The molecule has 1 saturated carbocycles. The van der Waals surface area contributed by atoms with E-state index < -0.39 is 0 Å². The van der Waals surface area contributed by atoms with Crippen LogP contribution in [0.4, 0.5) is 0 Å². The highest BCUT2D eigenvalue weighted by Gasteiger charge is 2.41. The molecule has 112 valence electrons. The molecule has 0 radical (unpaired) electrons. The van der Waals surface area contributed by atoms with Gasteiger partial charge >= 0.3 is 0 Å². The molecule has 0 aromatic heterocycles. The van der Waals surface area contributed by atoms with Gasteiger partial charge in [0.2, 0.25) is 0 Å². The Morgan fingerprint density at radius 2 is 2.26 bits per heavy atom. The fraction of sp³-hybridized carbons (Fsp3) is 1.00. The molecule has 3 unspecified atom stereocenters. The second-order valence-corrected chi connectivity index (χ2v) is 7.08. The Morgan fingerprint density at radius 1 is 1.37 bits per heavy atom. The van der Waals surface area contributed by atoms with Crippen molar-refractivity contribution in [1.29, 1.82) is 0 Å². The van der Waals surface area contributed by atoms with E-state index in [1.165, 1.54) is 37.9 Å². The summed E-state index contributed by atoms with van der Waals surface area (Å²) >= 11 is 2.03. The molecule has 3 nitrogen and oxygen atoms in total. The highest BCUT2D eigenvalue weighted by atomic mass is 32.2. The Hall–Kier alpha value is 0.230. The van der Waals surface area contributed by atoms with E-state index in [-0.39, 0.29) is 5.54 Å². The van der Waals surface area contributed by atoms with Gasteiger partial charge in [-0.25, -0.2) is 0 Å². The molecular formula is C15H29NO2S. The zero-order chi connectivity index (χ0) is 13.6. The van der Waals surface area contributed by atoms with E-state index in [1.807, 2.05) is 11.8 Å². The summed E-state index contributed by atoms with van der Waals surface area (Å²) in [5.41, 5.74) is 0.0131. The van der Waals surface area contributed by atoms with Gasteiger partial charge in [0.25, 0.3) is 0 Å². The quantitative estimate of drug-likeness (QED) is 0.673. The van der Waals surface area contributed by atoms with Gasteiger partial charge in [0.1, 0.15) is 0 Å². The molecule has 1 aliphatic heterocycles. The summed E-state index contributed by atoms with van der Waals surface area (Å²) < 4.78 is 5.65. The lowest BCUT2D eigenvalue weighted by molar-refractivity contribution is 0.123. The SMILES string of the molecule is CCNC1(CO)CCCC1CCSCC1CCCO1. The number of aliphatic hydroxyl groups is 1. The maximum atomic E-state index is 9.76. The normalized spacial score (nSPS) is 35.1. The summed E-state index contributed by atoms with van der Waals surface area (Å²) in [5.74, 6) is 3.01. The maximum absolute atomic E-state index is 9.76. The molecule has 0 bridgehead atoms. The predicted molar refractivity (Wildman–Crippen MR) is 81.8 cm³/mol. The van der Waals surface area contributed by atoms with Gasteiger partial charge in [-0.1, -0.05) is 13.3 Å². The average Bonchev–Trinajstić information content (AvgIpc) is 3.05. The highest BCUT2D eigenvalue weighted by molar-refractivity contribution is 7.99. The number of rotatable bonds is 8. The number of ether oxygens (including phenoxy) is 1. The molecule has 1 saturated heterocycles.